The van der Waals surface area contributed by atoms with Gasteiger partial charge in [-0.2, -0.15) is 0 Å². The maximum atomic E-state index is 2.50. The first-order chi connectivity index (χ1) is 12.7. The van der Waals surface area contributed by atoms with E-state index >= 15 is 0 Å². The standard InChI is InChI=1S/C18H11N.6CH3.2Sn/c1-2-8-14(9-3-1)19-17-12-6-4-10-15(17)16-11-5-7-13-18(16)19;;;;;;;;/h1-5,8-13H;6*1H3;;. The molecule has 0 atom stereocenters. The molecule has 0 amide bonds. The Labute approximate surface area is 171 Å². The van der Waals surface area contributed by atoms with Crippen LogP contribution in [0.25, 0.3) is 27.5 Å². The van der Waals surface area contributed by atoms with Gasteiger partial charge < -0.3 is 0 Å². The third-order valence-corrected chi connectivity index (χ3v) is 17.2. The molecule has 4 aromatic rings. The molecule has 0 aliphatic carbocycles. The molecule has 0 N–H and O–H groups in total. The van der Waals surface area contributed by atoms with Gasteiger partial charge >= 0.3 is 172 Å². The fraction of sp³-hybridized carbons (Fsp3) is 0.250. The third kappa shape index (κ3) is 3.57. The number of rotatable bonds is 3. The molecular formula is C24H29NSn2. The predicted octanol–water partition coefficient (Wildman–Crippen LogP) is 5.87. The molecule has 138 valence electrons. The second-order valence-electron chi connectivity index (χ2n) is 9.63. The van der Waals surface area contributed by atoms with Crippen molar-refractivity contribution in [3.8, 4) is 5.69 Å². The van der Waals surface area contributed by atoms with Gasteiger partial charge in [-0.1, -0.05) is 0 Å². The number of fused-ring (bicyclic) bond motifs is 3. The van der Waals surface area contributed by atoms with E-state index in [9.17, 15) is 0 Å². The van der Waals surface area contributed by atoms with E-state index in [2.05, 4.69) is 101 Å². The second-order valence-corrected chi connectivity index (χ2v) is 38.6. The molecule has 0 aliphatic heterocycles. The van der Waals surface area contributed by atoms with Crippen LogP contribution < -0.4 is 7.16 Å². The first-order valence-electron chi connectivity index (χ1n) is 9.81. The Balaban J connectivity index is 2.14. The first kappa shape index (κ1) is 19.4. The summed E-state index contributed by atoms with van der Waals surface area (Å²) in [6.45, 7) is 0. The number of hydrogen-bond acceptors (Lipinski definition) is 0. The summed E-state index contributed by atoms with van der Waals surface area (Å²) in [5.74, 6) is 0. The van der Waals surface area contributed by atoms with Crippen LogP contribution in [0.1, 0.15) is 0 Å². The second kappa shape index (κ2) is 6.84. The van der Waals surface area contributed by atoms with Gasteiger partial charge in [-0.15, -0.1) is 0 Å². The predicted molar refractivity (Wildman–Crippen MR) is 127 cm³/mol. The Hall–Kier alpha value is -0.943. The molecule has 0 saturated carbocycles. The van der Waals surface area contributed by atoms with Crippen LogP contribution in [0.2, 0.25) is 29.6 Å². The van der Waals surface area contributed by atoms with E-state index in [1.807, 2.05) is 0 Å². The summed E-state index contributed by atoms with van der Waals surface area (Å²) in [5, 5.41) is 2.76. The molecule has 3 aromatic carbocycles. The molecule has 0 bridgehead atoms. The number of benzene rings is 3. The number of para-hydroxylation sites is 1. The number of nitrogens with zero attached hydrogens (tertiary/aromatic N) is 1. The quantitative estimate of drug-likeness (QED) is 0.272. The fourth-order valence-electron chi connectivity index (χ4n) is 3.81. The molecule has 0 unspecified atom stereocenters. The van der Waals surface area contributed by atoms with E-state index in [4.69, 9.17) is 0 Å². The molecule has 3 heteroatoms. The molecule has 1 aromatic heterocycles. The van der Waals surface area contributed by atoms with E-state index in [0.29, 0.717) is 0 Å². The van der Waals surface area contributed by atoms with Crippen LogP contribution in [0.15, 0.2) is 66.7 Å². The topological polar surface area (TPSA) is 4.93 Å². The minimum absolute atomic E-state index is 1.26. The first-order valence-corrected chi connectivity index (χ1v) is 29.8. The van der Waals surface area contributed by atoms with Crippen LogP contribution in [-0.2, 0) is 0 Å². The summed E-state index contributed by atoms with van der Waals surface area (Å²) >= 11 is -4.28. The van der Waals surface area contributed by atoms with Gasteiger partial charge in [0.1, 0.15) is 0 Å². The average Bonchev–Trinajstić information content (AvgIpc) is 2.94. The van der Waals surface area contributed by atoms with Crippen LogP contribution in [0.5, 0.6) is 0 Å². The fourth-order valence-corrected chi connectivity index (χ4v) is 10.4. The van der Waals surface area contributed by atoms with Crippen molar-refractivity contribution < 1.29 is 0 Å². The van der Waals surface area contributed by atoms with Gasteiger partial charge in [0.2, 0.25) is 0 Å². The Morgan fingerprint density at radius 1 is 0.556 bits per heavy atom. The molecule has 1 nitrogen and oxygen atoms in total. The molecule has 4 rings (SSSR count). The molecule has 0 spiro atoms. The van der Waals surface area contributed by atoms with Crippen molar-refractivity contribution in [2.75, 3.05) is 0 Å². The van der Waals surface area contributed by atoms with E-state index in [1.165, 1.54) is 27.5 Å². The number of hydrogen-bond donors (Lipinski definition) is 0. The van der Waals surface area contributed by atoms with Gasteiger partial charge in [0.05, 0.1) is 0 Å². The van der Waals surface area contributed by atoms with Crippen LogP contribution in [-0.4, -0.2) is 41.3 Å². The van der Waals surface area contributed by atoms with Crippen LogP contribution >= 0.6 is 0 Å². The van der Waals surface area contributed by atoms with Crippen LogP contribution in [0, 0.1) is 0 Å². The summed E-state index contributed by atoms with van der Waals surface area (Å²) in [4.78, 5) is 15.0. The minimum atomic E-state index is -2.14. The van der Waals surface area contributed by atoms with Gasteiger partial charge in [-0.3, -0.25) is 0 Å². The molecule has 0 fully saturated rings. The summed E-state index contributed by atoms with van der Waals surface area (Å²) in [6.07, 6.45) is 0. The summed E-state index contributed by atoms with van der Waals surface area (Å²) in [7, 11) is 0. The Morgan fingerprint density at radius 3 is 1.41 bits per heavy atom. The third-order valence-electron chi connectivity index (χ3n) is 5.51. The summed E-state index contributed by atoms with van der Waals surface area (Å²) in [5.41, 5.74) is 3.99. The van der Waals surface area contributed by atoms with Crippen molar-refractivity contribution in [2.24, 2.45) is 0 Å². The zero-order valence-corrected chi connectivity index (χ0v) is 23.0. The molecule has 0 aliphatic rings. The Kier molecular flexibility index (Phi) is 4.91. The average molecular weight is 569 g/mol. The van der Waals surface area contributed by atoms with Crippen molar-refractivity contribution in [1.82, 2.24) is 4.57 Å². The van der Waals surface area contributed by atoms with E-state index in [0.717, 1.165) is 0 Å². The zero-order chi connectivity index (χ0) is 19.4. The maximum absolute atomic E-state index is 2.50. The summed E-state index contributed by atoms with van der Waals surface area (Å²) < 4.78 is 5.67. The molecule has 1 heterocycles. The van der Waals surface area contributed by atoms with Crippen molar-refractivity contribution in [1.29, 1.82) is 0 Å². The van der Waals surface area contributed by atoms with Crippen LogP contribution in [0.4, 0.5) is 0 Å². The molecule has 0 saturated heterocycles. The zero-order valence-electron chi connectivity index (χ0n) is 17.3. The Bertz CT molecular complexity index is 1060. The molecular weight excluding hydrogens is 540 g/mol. The van der Waals surface area contributed by atoms with E-state index < -0.39 is 36.8 Å². The Morgan fingerprint density at radius 2 is 1.00 bits per heavy atom. The van der Waals surface area contributed by atoms with Gasteiger partial charge in [-0.25, -0.2) is 0 Å². The van der Waals surface area contributed by atoms with E-state index in [-0.39, 0.29) is 0 Å². The van der Waals surface area contributed by atoms with Crippen LogP contribution in [0.3, 0.4) is 0 Å². The normalized spacial score (nSPS) is 12.8. The van der Waals surface area contributed by atoms with Gasteiger partial charge in [0.15, 0.2) is 0 Å². The molecule has 0 radical (unpaired) electrons. The number of aromatic nitrogens is 1. The van der Waals surface area contributed by atoms with Gasteiger partial charge in [-0.05, 0) is 0 Å². The van der Waals surface area contributed by atoms with Crippen molar-refractivity contribution in [2.45, 2.75) is 29.6 Å². The SMILES string of the molecule is [CH3][Sn]([CH3])([CH3])[c]1ccc2c3cc[c]([Sn]([CH3])([CH3])[CH3])cc3n(-c3ccccc3)c2c1. The van der Waals surface area contributed by atoms with Gasteiger partial charge in [0, 0.05) is 0 Å². The summed E-state index contributed by atoms with van der Waals surface area (Å²) in [6, 6.07) is 25.4. The van der Waals surface area contributed by atoms with Crippen molar-refractivity contribution in [3.63, 3.8) is 0 Å². The van der Waals surface area contributed by atoms with E-state index in [1.54, 1.807) is 7.16 Å². The monoisotopic (exact) mass is 571 g/mol. The molecule has 27 heavy (non-hydrogen) atoms. The van der Waals surface area contributed by atoms with Gasteiger partial charge in [0.25, 0.3) is 0 Å². The van der Waals surface area contributed by atoms with Crippen molar-refractivity contribution >= 4 is 65.7 Å². The van der Waals surface area contributed by atoms with Crippen molar-refractivity contribution in [3.05, 3.63) is 66.7 Å².